The highest BCUT2D eigenvalue weighted by molar-refractivity contribution is 7.94. The van der Waals surface area contributed by atoms with Crippen molar-refractivity contribution in [3.05, 3.63) is 0 Å². The first-order valence-electron chi connectivity index (χ1n) is 6.04. The molecule has 0 aliphatic carbocycles. The molecule has 0 radical (unpaired) electrons. The van der Waals surface area contributed by atoms with Gasteiger partial charge in [0.1, 0.15) is 4.75 Å². The predicted molar refractivity (Wildman–Crippen MR) is 66.9 cm³/mol. The number of ether oxygens (including phenoxy) is 1. The van der Waals surface area contributed by atoms with Gasteiger partial charge in [-0.1, -0.05) is 0 Å². The average molecular weight is 279 g/mol. The molecule has 6 nitrogen and oxygen atoms in total. The predicted octanol–water partition coefficient (Wildman–Crippen LogP) is -0.533. The van der Waals surface area contributed by atoms with Crippen LogP contribution >= 0.6 is 0 Å². The van der Waals surface area contributed by atoms with Gasteiger partial charge < -0.3 is 15.2 Å². The Morgan fingerprint density at radius 3 is 2.44 bits per heavy atom. The molecule has 106 valence electrons. The first kappa shape index (κ1) is 15.4. The minimum absolute atomic E-state index is 0.0909. The third kappa shape index (κ3) is 2.67. The molecule has 1 aliphatic rings. The lowest BCUT2D eigenvalue weighted by atomic mass is 10.1. The van der Waals surface area contributed by atoms with Crippen molar-refractivity contribution in [1.82, 2.24) is 5.32 Å². The van der Waals surface area contributed by atoms with Crippen LogP contribution in [0.25, 0.3) is 0 Å². The Balaban J connectivity index is 3.06. The van der Waals surface area contributed by atoms with Crippen LogP contribution in [0.4, 0.5) is 0 Å². The molecule has 1 rings (SSSR count). The highest BCUT2D eigenvalue weighted by atomic mass is 32.2. The maximum absolute atomic E-state index is 12.6. The number of rotatable bonds is 5. The molecule has 18 heavy (non-hydrogen) atoms. The summed E-state index contributed by atoms with van der Waals surface area (Å²) in [5, 5.41) is 10.8. The first-order chi connectivity index (χ1) is 8.40. The Hall–Kier alpha value is -0.660. The summed E-state index contributed by atoms with van der Waals surface area (Å²) in [6.45, 7) is 1.83. The highest BCUT2D eigenvalue weighted by Gasteiger charge is 2.49. The lowest BCUT2D eigenvalue weighted by Gasteiger charge is -2.33. The summed E-state index contributed by atoms with van der Waals surface area (Å²) in [6.07, 6.45) is 0.715. The van der Waals surface area contributed by atoms with Crippen molar-refractivity contribution in [3.8, 4) is 0 Å². The molecule has 1 atom stereocenters. The Bertz CT molecular complexity index is 388. The second-order valence-electron chi connectivity index (χ2n) is 4.64. The fraction of sp³-hybridized carbons (Fsp3) is 0.909. The van der Waals surface area contributed by atoms with Crippen molar-refractivity contribution in [2.75, 3.05) is 26.9 Å². The van der Waals surface area contributed by atoms with Gasteiger partial charge in [-0.25, -0.2) is 8.42 Å². The lowest BCUT2D eigenvalue weighted by molar-refractivity contribution is -0.123. The Morgan fingerprint density at radius 1 is 1.44 bits per heavy atom. The van der Waals surface area contributed by atoms with Gasteiger partial charge in [0.05, 0.1) is 5.25 Å². The van der Waals surface area contributed by atoms with Gasteiger partial charge in [0, 0.05) is 26.9 Å². The van der Waals surface area contributed by atoms with Crippen LogP contribution in [0.2, 0.25) is 0 Å². The second kappa shape index (κ2) is 5.99. The normalized spacial score (nSPS) is 21.3. The van der Waals surface area contributed by atoms with E-state index in [2.05, 4.69) is 5.32 Å². The molecular weight excluding hydrogens is 258 g/mol. The molecule has 1 aliphatic heterocycles. The van der Waals surface area contributed by atoms with Gasteiger partial charge >= 0.3 is 0 Å². The maximum atomic E-state index is 12.6. The van der Waals surface area contributed by atoms with Gasteiger partial charge in [0.25, 0.3) is 0 Å². The zero-order valence-corrected chi connectivity index (χ0v) is 11.6. The zero-order chi connectivity index (χ0) is 13.8. The summed E-state index contributed by atoms with van der Waals surface area (Å²) in [7, 11) is -2.25. The van der Waals surface area contributed by atoms with Crippen molar-refractivity contribution >= 4 is 15.7 Å². The van der Waals surface area contributed by atoms with Crippen LogP contribution in [0.15, 0.2) is 0 Å². The molecule has 0 spiro atoms. The smallest absolute Gasteiger partial charge is 0.241 e. The fourth-order valence-corrected chi connectivity index (χ4v) is 4.50. The molecule has 0 saturated carbocycles. The third-order valence-electron chi connectivity index (χ3n) is 3.53. The quantitative estimate of drug-likeness (QED) is 0.705. The van der Waals surface area contributed by atoms with Gasteiger partial charge in [0.15, 0.2) is 9.84 Å². The van der Waals surface area contributed by atoms with E-state index in [1.165, 1.54) is 14.0 Å². The van der Waals surface area contributed by atoms with Crippen molar-refractivity contribution in [2.24, 2.45) is 0 Å². The van der Waals surface area contributed by atoms with Crippen molar-refractivity contribution in [2.45, 2.75) is 36.2 Å². The largest absolute Gasteiger partial charge is 0.396 e. The molecule has 0 aromatic carbocycles. The van der Waals surface area contributed by atoms with E-state index in [4.69, 9.17) is 9.84 Å². The van der Waals surface area contributed by atoms with E-state index in [0.717, 1.165) is 0 Å². The summed E-state index contributed by atoms with van der Waals surface area (Å²) in [5.74, 6) is -0.567. The number of aliphatic hydroxyl groups is 1. The van der Waals surface area contributed by atoms with Crippen LogP contribution in [-0.4, -0.2) is 56.3 Å². The summed E-state index contributed by atoms with van der Waals surface area (Å²) in [5.41, 5.74) is 0. The van der Waals surface area contributed by atoms with Gasteiger partial charge in [0.2, 0.25) is 5.91 Å². The van der Waals surface area contributed by atoms with Gasteiger partial charge in [-0.15, -0.1) is 0 Å². The maximum Gasteiger partial charge on any atom is 0.241 e. The van der Waals surface area contributed by atoms with Crippen LogP contribution in [0, 0.1) is 0 Å². The van der Waals surface area contributed by atoms with Crippen molar-refractivity contribution in [3.63, 3.8) is 0 Å². The molecule has 2 N–H and O–H groups in total. The molecule has 1 unspecified atom stereocenters. The molecular formula is C11H21NO5S. The van der Waals surface area contributed by atoms with Crippen LogP contribution < -0.4 is 5.32 Å². The minimum Gasteiger partial charge on any atom is -0.396 e. The summed E-state index contributed by atoms with van der Waals surface area (Å²) >= 11 is 0. The average Bonchev–Trinajstić information content (AvgIpc) is 2.38. The number of nitrogens with one attached hydrogen (secondary N) is 1. The van der Waals surface area contributed by atoms with Crippen molar-refractivity contribution < 1.29 is 23.1 Å². The molecule has 0 aromatic heterocycles. The third-order valence-corrected chi connectivity index (χ3v) is 6.53. The second-order valence-corrected chi connectivity index (χ2v) is 7.30. The molecule has 0 aromatic rings. The molecule has 1 amide bonds. The van der Waals surface area contributed by atoms with Crippen LogP contribution in [0.5, 0.6) is 0 Å². The fourth-order valence-electron chi connectivity index (χ4n) is 2.22. The van der Waals surface area contributed by atoms with Crippen molar-refractivity contribution in [1.29, 1.82) is 0 Å². The number of sulfone groups is 1. The number of amides is 1. The number of carbonyl (C=O) groups is 1. The van der Waals surface area contributed by atoms with Gasteiger partial charge in [-0.05, 0) is 26.2 Å². The van der Waals surface area contributed by atoms with E-state index in [1.807, 2.05) is 0 Å². The van der Waals surface area contributed by atoms with E-state index in [9.17, 15) is 13.2 Å². The van der Waals surface area contributed by atoms with E-state index in [1.54, 1.807) is 0 Å². The van der Waals surface area contributed by atoms with Crippen LogP contribution in [-0.2, 0) is 19.4 Å². The number of hydrogen-bond acceptors (Lipinski definition) is 5. The summed E-state index contributed by atoms with van der Waals surface area (Å²) < 4.78 is 28.7. The molecule has 7 heteroatoms. The highest BCUT2D eigenvalue weighted by Crippen LogP contribution is 2.30. The van der Waals surface area contributed by atoms with E-state index >= 15 is 0 Å². The number of hydrogen-bond donors (Lipinski definition) is 2. The molecule has 1 saturated heterocycles. The Morgan fingerprint density at radius 2 is 2.00 bits per heavy atom. The topological polar surface area (TPSA) is 92.7 Å². The van der Waals surface area contributed by atoms with Gasteiger partial charge in [-0.3, -0.25) is 4.79 Å². The van der Waals surface area contributed by atoms with E-state index in [-0.39, 0.29) is 13.0 Å². The standard InChI is InChI=1S/C11H21NO5S/c1-11(5-6-13,10(14)12-2)18(15,16)9-3-7-17-8-4-9/h9,13H,3-8H2,1-2H3,(H,12,14). The zero-order valence-electron chi connectivity index (χ0n) is 10.8. The monoisotopic (exact) mass is 279 g/mol. The molecule has 1 fully saturated rings. The van der Waals surface area contributed by atoms with Crippen LogP contribution in [0.1, 0.15) is 26.2 Å². The SMILES string of the molecule is CNC(=O)C(C)(CCO)S(=O)(=O)C1CCOCC1. The molecule has 1 heterocycles. The molecule has 0 bridgehead atoms. The van der Waals surface area contributed by atoms with Gasteiger partial charge in [-0.2, -0.15) is 0 Å². The lowest BCUT2D eigenvalue weighted by Crippen LogP contribution is -2.54. The Labute approximate surface area is 108 Å². The van der Waals surface area contributed by atoms with E-state index < -0.39 is 25.7 Å². The number of aliphatic hydroxyl groups excluding tert-OH is 1. The first-order valence-corrected chi connectivity index (χ1v) is 7.59. The van der Waals surface area contributed by atoms with Crippen LogP contribution in [0.3, 0.4) is 0 Å². The Kier molecular flexibility index (Phi) is 5.12. The number of carbonyl (C=O) groups excluding carboxylic acids is 1. The minimum atomic E-state index is -3.65. The summed E-state index contributed by atoms with van der Waals surface area (Å²) in [4.78, 5) is 11.9. The summed E-state index contributed by atoms with van der Waals surface area (Å²) in [6, 6.07) is 0. The van der Waals surface area contributed by atoms with E-state index in [0.29, 0.717) is 26.1 Å².